The smallest absolute Gasteiger partial charge is 0.0773 e. The number of hydrogen-bond acceptors (Lipinski definition) is 4. The lowest BCUT2D eigenvalue weighted by molar-refractivity contribution is 0.0782. The van der Waals surface area contributed by atoms with E-state index < -0.39 is 6.10 Å². The summed E-state index contributed by atoms with van der Waals surface area (Å²) < 4.78 is 4.85. The van der Waals surface area contributed by atoms with Gasteiger partial charge in [0.25, 0.3) is 0 Å². The Labute approximate surface area is 486 Å². The molecule has 0 aromatic heterocycles. The van der Waals surface area contributed by atoms with Crippen molar-refractivity contribution in [1.29, 1.82) is 0 Å². The average Bonchev–Trinajstić information content (AvgIpc) is 3.25. The highest BCUT2D eigenvalue weighted by molar-refractivity contribution is 4.69. The summed E-state index contributed by atoms with van der Waals surface area (Å²) in [4.78, 5) is 2.22. The number of aliphatic hydroxyl groups is 2. The van der Waals surface area contributed by atoms with E-state index in [2.05, 4.69) is 261 Å². The third-order valence-electron chi connectivity index (χ3n) is 11.5. The van der Waals surface area contributed by atoms with Crippen molar-refractivity contribution in [3.63, 3.8) is 0 Å². The molecule has 0 rings (SSSR count). The molecule has 0 radical (unpaired) electrons. The zero-order valence-corrected chi connectivity index (χ0v) is 61.6. The van der Waals surface area contributed by atoms with E-state index in [4.69, 9.17) is 14.9 Å². The average molecular weight is 1080 g/mol. The Morgan fingerprint density at radius 2 is 0.680 bits per heavy atom. The van der Waals surface area contributed by atoms with Crippen molar-refractivity contribution in [3.05, 3.63) is 0 Å². The van der Waals surface area contributed by atoms with Gasteiger partial charge < -0.3 is 19.8 Å². The second-order valence-electron chi connectivity index (χ2n) is 28.6. The first-order chi connectivity index (χ1) is 33.8. The van der Waals surface area contributed by atoms with Crippen molar-refractivity contribution in [2.24, 2.45) is 81.8 Å². The molecule has 0 unspecified atom stereocenters. The van der Waals surface area contributed by atoms with Crippen LogP contribution in [0.5, 0.6) is 0 Å². The van der Waals surface area contributed by atoms with Crippen molar-refractivity contribution in [2.45, 2.75) is 346 Å². The Hall–Kier alpha value is -0.160. The number of nitrogens with zero attached hydrogens (tertiary/aromatic N) is 1. The number of rotatable bonds is 20. The van der Waals surface area contributed by atoms with Crippen molar-refractivity contribution < 1.29 is 14.9 Å². The van der Waals surface area contributed by atoms with Crippen LogP contribution >= 0.6 is 0 Å². The number of ether oxygens (including phenoxy) is 1. The van der Waals surface area contributed by atoms with E-state index in [-0.39, 0.29) is 6.61 Å². The third-order valence-corrected chi connectivity index (χ3v) is 11.5. The maximum Gasteiger partial charge on any atom is 0.0773 e. The van der Waals surface area contributed by atoms with Gasteiger partial charge in [-0.3, -0.25) is 0 Å². The van der Waals surface area contributed by atoms with Crippen LogP contribution in [0, 0.1) is 81.8 Å². The van der Waals surface area contributed by atoms with Crippen LogP contribution < -0.4 is 0 Å². The lowest BCUT2D eigenvalue weighted by atomic mass is 9.79. The fraction of sp³-hybridized carbons (Fsp3) is 1.00. The summed E-state index contributed by atoms with van der Waals surface area (Å²) in [6.45, 7) is 84.3. The van der Waals surface area contributed by atoms with Crippen molar-refractivity contribution in [1.82, 2.24) is 4.90 Å². The molecule has 4 heteroatoms. The van der Waals surface area contributed by atoms with Crippen LogP contribution in [0.15, 0.2) is 0 Å². The summed E-state index contributed by atoms with van der Waals surface area (Å²) in [6, 6.07) is 0. The van der Waals surface area contributed by atoms with Gasteiger partial charge in [-0.05, 0) is 128 Å². The Bertz CT molecular complexity index is 807. The van der Waals surface area contributed by atoms with Gasteiger partial charge in [-0.15, -0.1) is 0 Å². The summed E-state index contributed by atoms with van der Waals surface area (Å²) in [5, 5.41) is 17.1. The molecule has 0 aliphatic heterocycles. The van der Waals surface area contributed by atoms with E-state index in [0.29, 0.717) is 23.2 Å². The molecule has 0 heterocycles. The Kier molecular flexibility index (Phi) is 108. The van der Waals surface area contributed by atoms with Gasteiger partial charge in [0, 0.05) is 13.7 Å². The fourth-order valence-corrected chi connectivity index (χ4v) is 4.28. The predicted molar refractivity (Wildman–Crippen MR) is 360 cm³/mol. The molecule has 0 amide bonds. The molecule has 4 nitrogen and oxygen atoms in total. The molecule has 0 saturated carbocycles. The van der Waals surface area contributed by atoms with E-state index in [9.17, 15) is 0 Å². The molecule has 0 aliphatic rings. The van der Waals surface area contributed by atoms with Crippen LogP contribution in [0.25, 0.3) is 0 Å². The first kappa shape index (κ1) is 103. The number of hydrogen-bond donors (Lipinski definition) is 2. The van der Waals surface area contributed by atoms with Crippen LogP contribution in [0.3, 0.4) is 0 Å². The molecule has 2 N–H and O–H groups in total. The normalized spacial score (nSPS) is 11.1. The van der Waals surface area contributed by atoms with Gasteiger partial charge in [0.2, 0.25) is 0 Å². The maximum atomic E-state index is 8.78. The third kappa shape index (κ3) is 208. The molecule has 0 aromatic carbocycles. The molecule has 0 spiro atoms. The molecule has 474 valence electrons. The largest absolute Gasteiger partial charge is 0.394 e. The van der Waals surface area contributed by atoms with Gasteiger partial charge in [0.1, 0.15) is 0 Å². The molecular formula is C71H167NO3. The van der Waals surface area contributed by atoms with Crippen LogP contribution in [0.1, 0.15) is 340 Å². The zero-order valence-electron chi connectivity index (χ0n) is 61.6. The van der Waals surface area contributed by atoms with E-state index in [1.165, 1.54) is 83.6 Å². The summed E-state index contributed by atoms with van der Waals surface area (Å²) in [7, 11) is 5.97. The van der Waals surface area contributed by atoms with Gasteiger partial charge in [0.15, 0.2) is 0 Å². The highest BCUT2D eigenvalue weighted by atomic mass is 16.5. The van der Waals surface area contributed by atoms with E-state index in [1.54, 1.807) is 7.11 Å². The number of methoxy groups -OCH3 is 1. The van der Waals surface area contributed by atoms with Crippen molar-refractivity contribution in [2.75, 3.05) is 41.0 Å². The van der Waals surface area contributed by atoms with E-state index >= 15 is 0 Å². The van der Waals surface area contributed by atoms with Crippen LogP contribution in [0.4, 0.5) is 0 Å². The SMILES string of the molecule is CC(C)C.CC(C)CC(C)(C)C.CC(C)CCN(C)C.CC(C)C[C@@H](O)CO.CCC(C)(C)C(C)C.CCC(C)C.CCC(C)C.CCC(C)C.CCC(C)C.CCCC(C)C.CCCC(C)C.COCCC(C)C. The van der Waals surface area contributed by atoms with E-state index in [0.717, 1.165) is 71.7 Å². The van der Waals surface area contributed by atoms with Crippen molar-refractivity contribution in [3.8, 4) is 0 Å². The minimum Gasteiger partial charge on any atom is -0.394 e. The Balaban J connectivity index is -0.0000000581. The molecular weight excluding hydrogens is 915 g/mol. The first-order valence-electron chi connectivity index (χ1n) is 32.3. The topological polar surface area (TPSA) is 52.9 Å². The fourth-order valence-electron chi connectivity index (χ4n) is 4.28. The molecule has 0 aromatic rings. The molecule has 75 heavy (non-hydrogen) atoms. The minimum atomic E-state index is -0.519. The van der Waals surface area contributed by atoms with Crippen molar-refractivity contribution >= 4 is 0 Å². The van der Waals surface area contributed by atoms with E-state index in [1.807, 2.05) is 13.8 Å². The van der Waals surface area contributed by atoms with Gasteiger partial charge in [-0.1, -0.05) is 314 Å². The van der Waals surface area contributed by atoms with Gasteiger partial charge in [-0.25, -0.2) is 0 Å². The van der Waals surface area contributed by atoms with Crippen LogP contribution in [-0.4, -0.2) is 62.2 Å². The van der Waals surface area contributed by atoms with Gasteiger partial charge in [-0.2, -0.15) is 0 Å². The summed E-state index contributed by atoms with van der Waals surface area (Å²) in [6.07, 6.45) is 15.9. The zero-order chi connectivity index (χ0) is 63.1. The van der Waals surface area contributed by atoms with Gasteiger partial charge >= 0.3 is 0 Å². The Morgan fingerprint density at radius 1 is 0.413 bits per heavy atom. The second kappa shape index (κ2) is 78.1. The highest BCUT2D eigenvalue weighted by Crippen LogP contribution is 2.29. The summed E-state index contributed by atoms with van der Waals surface area (Å²) in [5.41, 5.74) is 1.06. The molecule has 1 atom stereocenters. The highest BCUT2D eigenvalue weighted by Gasteiger charge is 2.18. The standard InChI is InChI=1S/2C8H18.C7H17N.C6H14O2.C6H14O.2C6H14.4C5H12.C4H10/c1-7(2)6-8(3,4)5;1-6-8(4,5)7(2)3;1-7(2)5-6-8(3)4;1-5(2)3-6(8)4-7;1-6(2)4-5-7-3;2*1-4-5-6(2)3;4*1-4-5(2)3;1-4(2)3/h2*7H,6H2,1-5H3;7H,5-6H2,1-4H3;5-8H,3-4H2,1-2H3;6H,4-5H2,1-3H3;2*6H,4-5H2,1-3H3;4*5H,4H2,1-3H3;4H,1-3H3/t;;;6-;;;;;;;;/m...1......../s1. The molecule has 0 aliphatic carbocycles. The predicted octanol–water partition coefficient (Wildman–Crippen LogP) is 24.6. The Morgan fingerprint density at radius 3 is 0.720 bits per heavy atom. The second-order valence-corrected chi connectivity index (χ2v) is 28.6. The quantitative estimate of drug-likeness (QED) is 0.128. The molecule has 0 fully saturated rings. The lowest BCUT2D eigenvalue weighted by Gasteiger charge is -2.27. The van der Waals surface area contributed by atoms with Crippen LogP contribution in [0.2, 0.25) is 0 Å². The maximum absolute atomic E-state index is 8.78. The van der Waals surface area contributed by atoms with Gasteiger partial charge in [0.05, 0.1) is 12.7 Å². The molecule has 0 bridgehead atoms. The minimum absolute atomic E-state index is 0.113. The lowest BCUT2D eigenvalue weighted by Crippen LogP contribution is -2.17. The first-order valence-corrected chi connectivity index (χ1v) is 32.3. The summed E-state index contributed by atoms with van der Waals surface area (Å²) in [5.74, 6) is 9.91. The monoisotopic (exact) mass is 1080 g/mol. The van der Waals surface area contributed by atoms with Crippen LogP contribution in [-0.2, 0) is 4.74 Å². The summed E-state index contributed by atoms with van der Waals surface area (Å²) >= 11 is 0. The number of aliphatic hydroxyl groups excluding tert-OH is 2. The molecule has 0 saturated heterocycles.